The van der Waals surface area contributed by atoms with Crippen molar-refractivity contribution < 1.29 is 14.6 Å². The average molecular weight is 277 g/mol. The monoisotopic (exact) mass is 277 g/mol. The number of nitrogens with one attached hydrogen (secondary N) is 1. The molecule has 1 aromatic heterocycles. The normalized spacial score (nSPS) is 10.2. The van der Waals surface area contributed by atoms with Crippen LogP contribution in [-0.4, -0.2) is 17.6 Å². The molecule has 0 saturated heterocycles. The topological polar surface area (TPSA) is 58.6 Å². The number of benzene rings is 1. The lowest BCUT2D eigenvalue weighted by molar-refractivity contribution is -0.123. The van der Waals surface area contributed by atoms with Crippen LogP contribution in [0.1, 0.15) is 10.4 Å². The van der Waals surface area contributed by atoms with E-state index in [1.54, 1.807) is 29.5 Å². The molecule has 2 N–H and O–H groups in total. The van der Waals surface area contributed by atoms with Crippen molar-refractivity contribution in [3.63, 3.8) is 0 Å². The van der Waals surface area contributed by atoms with Crippen LogP contribution in [0.25, 0.3) is 0 Å². The van der Waals surface area contributed by atoms with E-state index in [-0.39, 0.29) is 19.1 Å². The van der Waals surface area contributed by atoms with Crippen LogP contribution in [0.3, 0.4) is 0 Å². The van der Waals surface area contributed by atoms with Crippen LogP contribution in [0.5, 0.6) is 5.75 Å². The molecule has 1 heterocycles. The first-order valence-electron chi connectivity index (χ1n) is 5.90. The Morgan fingerprint density at radius 1 is 1.26 bits per heavy atom. The van der Waals surface area contributed by atoms with Crippen LogP contribution in [0, 0.1) is 0 Å². The molecule has 0 fully saturated rings. The molecule has 100 valence electrons. The Kier molecular flexibility index (Phi) is 4.94. The number of carbonyl (C=O) groups excluding carboxylic acids is 1. The molecule has 0 aliphatic heterocycles. The largest absolute Gasteiger partial charge is 0.483 e. The lowest BCUT2D eigenvalue weighted by Crippen LogP contribution is -2.28. The number of hydrogen-bond acceptors (Lipinski definition) is 4. The molecule has 19 heavy (non-hydrogen) atoms. The Morgan fingerprint density at radius 2 is 2.11 bits per heavy atom. The van der Waals surface area contributed by atoms with E-state index in [1.807, 2.05) is 23.6 Å². The zero-order valence-corrected chi connectivity index (χ0v) is 11.2. The van der Waals surface area contributed by atoms with E-state index in [2.05, 4.69) is 5.32 Å². The summed E-state index contributed by atoms with van der Waals surface area (Å²) < 4.78 is 5.39. The first-order valence-corrected chi connectivity index (χ1v) is 6.78. The fourth-order valence-corrected chi connectivity index (χ4v) is 2.21. The molecule has 0 radical (unpaired) electrons. The minimum absolute atomic E-state index is 0.0532. The lowest BCUT2D eigenvalue weighted by atomic mass is 10.2. The molecule has 2 aromatic rings. The second kappa shape index (κ2) is 6.92. The summed E-state index contributed by atoms with van der Waals surface area (Å²) in [6, 6.07) is 11.0. The third kappa shape index (κ3) is 4.08. The average Bonchev–Trinajstić information content (AvgIpc) is 2.96. The van der Waals surface area contributed by atoms with Crippen LogP contribution < -0.4 is 10.1 Å². The van der Waals surface area contributed by atoms with Gasteiger partial charge in [0, 0.05) is 10.4 Å². The van der Waals surface area contributed by atoms with Gasteiger partial charge in [0.15, 0.2) is 6.61 Å². The molecule has 0 unspecified atom stereocenters. The molecule has 0 bridgehead atoms. The second-order valence-corrected chi connectivity index (χ2v) is 4.94. The summed E-state index contributed by atoms with van der Waals surface area (Å²) in [4.78, 5) is 12.7. The van der Waals surface area contributed by atoms with Crippen molar-refractivity contribution in [3.8, 4) is 5.75 Å². The summed E-state index contributed by atoms with van der Waals surface area (Å²) in [7, 11) is 0. The van der Waals surface area contributed by atoms with E-state index < -0.39 is 0 Å². The number of carbonyl (C=O) groups is 1. The second-order valence-electron chi connectivity index (χ2n) is 3.91. The van der Waals surface area contributed by atoms with Crippen molar-refractivity contribution in [2.75, 3.05) is 6.61 Å². The van der Waals surface area contributed by atoms with Crippen molar-refractivity contribution in [1.82, 2.24) is 5.32 Å². The zero-order chi connectivity index (χ0) is 13.5. The van der Waals surface area contributed by atoms with Crippen molar-refractivity contribution >= 4 is 17.2 Å². The standard InChI is InChI=1S/C14H15NO3S/c16-9-11-4-1-2-6-13(11)18-10-14(17)15-8-12-5-3-7-19-12/h1-7,16H,8-10H2,(H,15,17). The molecule has 0 aliphatic carbocycles. The number of thiophene rings is 1. The molecule has 4 nitrogen and oxygen atoms in total. The van der Waals surface area contributed by atoms with Crippen molar-refractivity contribution in [1.29, 1.82) is 0 Å². The van der Waals surface area contributed by atoms with Crippen molar-refractivity contribution in [2.24, 2.45) is 0 Å². The van der Waals surface area contributed by atoms with Crippen LogP contribution in [0.2, 0.25) is 0 Å². The quantitative estimate of drug-likeness (QED) is 0.848. The van der Waals surface area contributed by atoms with Crippen LogP contribution in [-0.2, 0) is 17.9 Å². The molecule has 1 amide bonds. The minimum Gasteiger partial charge on any atom is -0.483 e. The number of aliphatic hydroxyl groups is 1. The van der Waals surface area contributed by atoms with E-state index >= 15 is 0 Å². The van der Waals surface area contributed by atoms with Gasteiger partial charge in [-0.15, -0.1) is 11.3 Å². The molecule has 5 heteroatoms. The van der Waals surface area contributed by atoms with E-state index in [1.165, 1.54) is 0 Å². The van der Waals surface area contributed by atoms with Gasteiger partial charge in [-0.25, -0.2) is 0 Å². The number of ether oxygens (including phenoxy) is 1. The van der Waals surface area contributed by atoms with Gasteiger partial charge in [0.25, 0.3) is 5.91 Å². The molecule has 0 spiro atoms. The van der Waals surface area contributed by atoms with Gasteiger partial charge in [0.2, 0.25) is 0 Å². The molecular weight excluding hydrogens is 262 g/mol. The molecule has 0 aliphatic rings. The smallest absolute Gasteiger partial charge is 0.258 e. The Morgan fingerprint density at radius 3 is 2.84 bits per heavy atom. The van der Waals surface area contributed by atoms with Gasteiger partial charge in [-0.1, -0.05) is 24.3 Å². The van der Waals surface area contributed by atoms with Gasteiger partial charge in [-0.3, -0.25) is 4.79 Å². The maximum Gasteiger partial charge on any atom is 0.258 e. The number of aliphatic hydroxyl groups excluding tert-OH is 1. The number of hydrogen-bond donors (Lipinski definition) is 2. The Balaban J connectivity index is 1.80. The van der Waals surface area contributed by atoms with Gasteiger partial charge in [0.1, 0.15) is 5.75 Å². The van der Waals surface area contributed by atoms with E-state index in [0.29, 0.717) is 17.9 Å². The number of amides is 1. The Hall–Kier alpha value is -1.85. The maximum atomic E-state index is 11.6. The predicted molar refractivity (Wildman–Crippen MR) is 74.0 cm³/mol. The number of rotatable bonds is 6. The summed E-state index contributed by atoms with van der Waals surface area (Å²) in [5.41, 5.74) is 0.675. The molecule has 1 aromatic carbocycles. The maximum absolute atomic E-state index is 11.6. The highest BCUT2D eigenvalue weighted by atomic mass is 32.1. The summed E-state index contributed by atoms with van der Waals surface area (Å²) >= 11 is 1.60. The highest BCUT2D eigenvalue weighted by Gasteiger charge is 2.06. The van der Waals surface area contributed by atoms with Gasteiger partial charge in [-0.2, -0.15) is 0 Å². The van der Waals surface area contributed by atoms with Crippen LogP contribution in [0.15, 0.2) is 41.8 Å². The van der Waals surface area contributed by atoms with E-state index in [0.717, 1.165) is 4.88 Å². The third-order valence-electron chi connectivity index (χ3n) is 2.54. The Labute approximate surface area is 115 Å². The van der Waals surface area contributed by atoms with Crippen molar-refractivity contribution in [3.05, 3.63) is 52.2 Å². The summed E-state index contributed by atoms with van der Waals surface area (Å²) in [6.07, 6.45) is 0. The highest BCUT2D eigenvalue weighted by molar-refractivity contribution is 7.09. The van der Waals surface area contributed by atoms with Gasteiger partial charge in [-0.05, 0) is 17.5 Å². The zero-order valence-electron chi connectivity index (χ0n) is 10.3. The molecule has 2 rings (SSSR count). The molecule has 0 atom stereocenters. The minimum atomic E-state index is -0.179. The van der Waals surface area contributed by atoms with Crippen LogP contribution >= 0.6 is 11.3 Å². The van der Waals surface area contributed by atoms with Gasteiger partial charge >= 0.3 is 0 Å². The first kappa shape index (κ1) is 13.6. The summed E-state index contributed by atoms with van der Waals surface area (Å²) in [5.74, 6) is 0.359. The van der Waals surface area contributed by atoms with E-state index in [9.17, 15) is 4.79 Å². The lowest BCUT2D eigenvalue weighted by Gasteiger charge is -2.09. The highest BCUT2D eigenvalue weighted by Crippen LogP contribution is 2.17. The number of para-hydroxylation sites is 1. The summed E-state index contributed by atoms with van der Waals surface area (Å²) in [5, 5.41) is 13.9. The fourth-order valence-electron chi connectivity index (χ4n) is 1.57. The third-order valence-corrected chi connectivity index (χ3v) is 3.42. The summed E-state index contributed by atoms with van der Waals surface area (Å²) in [6.45, 7) is 0.358. The van der Waals surface area contributed by atoms with Crippen molar-refractivity contribution in [2.45, 2.75) is 13.2 Å². The fraction of sp³-hybridized carbons (Fsp3) is 0.214. The van der Waals surface area contributed by atoms with Gasteiger partial charge in [0.05, 0.1) is 13.2 Å². The van der Waals surface area contributed by atoms with Crippen LogP contribution in [0.4, 0.5) is 0 Å². The van der Waals surface area contributed by atoms with E-state index in [4.69, 9.17) is 9.84 Å². The first-order chi connectivity index (χ1) is 9.29. The SMILES string of the molecule is O=C(COc1ccccc1CO)NCc1cccs1. The Bertz CT molecular complexity index is 525. The molecular formula is C14H15NO3S. The predicted octanol–water partition coefficient (Wildman–Crippen LogP) is 1.94. The van der Waals surface area contributed by atoms with Gasteiger partial charge < -0.3 is 15.2 Å². The molecule has 0 saturated carbocycles.